The summed E-state index contributed by atoms with van der Waals surface area (Å²) >= 11 is 0. The van der Waals surface area contributed by atoms with Crippen LogP contribution in [0.3, 0.4) is 0 Å². The average Bonchev–Trinajstić information content (AvgIpc) is 2.41. The van der Waals surface area contributed by atoms with Crippen LogP contribution in [0.15, 0.2) is 47.5 Å². The van der Waals surface area contributed by atoms with E-state index < -0.39 is 10.0 Å². The van der Waals surface area contributed by atoms with Gasteiger partial charge in [-0.1, -0.05) is 6.07 Å². The maximum Gasteiger partial charge on any atom is 0.263 e. The number of nitrogens with zero attached hydrogens (tertiary/aromatic N) is 1. The molecule has 19 heavy (non-hydrogen) atoms. The van der Waals surface area contributed by atoms with E-state index in [4.69, 9.17) is 0 Å². The SMILES string of the molecule is CNc1ccc(S(=O)(=O)Nc2ncccc2C)cc1. The Hall–Kier alpha value is -2.08. The Morgan fingerprint density at radius 1 is 1.11 bits per heavy atom. The molecule has 2 N–H and O–H groups in total. The molecule has 0 aliphatic carbocycles. The average molecular weight is 277 g/mol. The quantitative estimate of drug-likeness (QED) is 0.899. The van der Waals surface area contributed by atoms with Crippen LogP contribution in [-0.2, 0) is 10.0 Å². The second-order valence-electron chi connectivity index (χ2n) is 4.05. The normalized spacial score (nSPS) is 11.1. The van der Waals surface area contributed by atoms with E-state index >= 15 is 0 Å². The molecular weight excluding hydrogens is 262 g/mol. The summed E-state index contributed by atoms with van der Waals surface area (Å²) in [7, 11) is -1.82. The van der Waals surface area contributed by atoms with Gasteiger partial charge in [-0.3, -0.25) is 4.72 Å². The number of benzene rings is 1. The van der Waals surface area contributed by atoms with E-state index in [9.17, 15) is 8.42 Å². The molecule has 0 spiro atoms. The molecule has 6 heteroatoms. The fraction of sp³-hybridized carbons (Fsp3) is 0.154. The van der Waals surface area contributed by atoms with Crippen molar-refractivity contribution in [1.29, 1.82) is 0 Å². The van der Waals surface area contributed by atoms with E-state index in [0.717, 1.165) is 11.3 Å². The van der Waals surface area contributed by atoms with Gasteiger partial charge in [-0.25, -0.2) is 13.4 Å². The van der Waals surface area contributed by atoms with Gasteiger partial charge >= 0.3 is 0 Å². The highest BCUT2D eigenvalue weighted by molar-refractivity contribution is 7.92. The summed E-state index contributed by atoms with van der Waals surface area (Å²) in [4.78, 5) is 4.23. The number of aromatic nitrogens is 1. The van der Waals surface area contributed by atoms with Crippen molar-refractivity contribution in [3.05, 3.63) is 48.2 Å². The van der Waals surface area contributed by atoms with Gasteiger partial charge in [-0.2, -0.15) is 0 Å². The van der Waals surface area contributed by atoms with Crippen molar-refractivity contribution in [2.24, 2.45) is 0 Å². The molecule has 0 atom stereocenters. The third-order valence-electron chi connectivity index (χ3n) is 2.69. The molecule has 0 radical (unpaired) electrons. The summed E-state index contributed by atoms with van der Waals surface area (Å²) in [6.45, 7) is 1.80. The number of anilines is 2. The number of pyridine rings is 1. The van der Waals surface area contributed by atoms with Crippen LogP contribution in [0, 0.1) is 6.92 Å². The molecule has 100 valence electrons. The Morgan fingerprint density at radius 2 is 1.79 bits per heavy atom. The van der Waals surface area contributed by atoms with Crippen molar-refractivity contribution >= 4 is 21.5 Å². The lowest BCUT2D eigenvalue weighted by molar-refractivity contribution is 0.601. The first-order valence-corrected chi connectivity index (χ1v) is 7.23. The molecule has 1 heterocycles. The zero-order chi connectivity index (χ0) is 13.9. The number of hydrogen-bond acceptors (Lipinski definition) is 4. The Bertz CT molecular complexity index is 667. The Labute approximate surface area is 112 Å². The van der Waals surface area contributed by atoms with Gasteiger partial charge in [0, 0.05) is 18.9 Å². The van der Waals surface area contributed by atoms with Crippen LogP contribution in [0.25, 0.3) is 0 Å². The smallest absolute Gasteiger partial charge is 0.263 e. The molecule has 0 saturated heterocycles. The Morgan fingerprint density at radius 3 is 2.37 bits per heavy atom. The third kappa shape index (κ3) is 3.03. The van der Waals surface area contributed by atoms with Gasteiger partial charge < -0.3 is 5.32 Å². The molecule has 0 fully saturated rings. The Kier molecular flexibility index (Phi) is 3.71. The Balaban J connectivity index is 2.30. The molecular formula is C13H15N3O2S. The van der Waals surface area contributed by atoms with Crippen LogP contribution in [-0.4, -0.2) is 20.4 Å². The van der Waals surface area contributed by atoms with Crippen LogP contribution < -0.4 is 10.0 Å². The predicted octanol–water partition coefficient (Wildman–Crippen LogP) is 2.23. The first kappa shape index (κ1) is 13.4. The van der Waals surface area contributed by atoms with Crippen molar-refractivity contribution in [3.63, 3.8) is 0 Å². The number of aryl methyl sites for hydroxylation is 1. The first-order chi connectivity index (χ1) is 9.03. The number of hydrogen-bond donors (Lipinski definition) is 2. The molecule has 0 aliphatic rings. The fourth-order valence-electron chi connectivity index (χ4n) is 1.58. The minimum atomic E-state index is -3.60. The van der Waals surface area contributed by atoms with Crippen molar-refractivity contribution in [2.75, 3.05) is 17.1 Å². The number of sulfonamides is 1. The van der Waals surface area contributed by atoms with Crippen LogP contribution in [0.2, 0.25) is 0 Å². The molecule has 0 bridgehead atoms. The van der Waals surface area contributed by atoms with Gasteiger partial charge in [-0.15, -0.1) is 0 Å². The van der Waals surface area contributed by atoms with Crippen LogP contribution in [0.5, 0.6) is 0 Å². The highest BCUT2D eigenvalue weighted by Gasteiger charge is 2.15. The lowest BCUT2D eigenvalue weighted by Crippen LogP contribution is -2.14. The minimum absolute atomic E-state index is 0.205. The molecule has 1 aromatic heterocycles. The summed E-state index contributed by atoms with van der Waals surface area (Å²) < 4.78 is 26.8. The summed E-state index contributed by atoms with van der Waals surface area (Å²) in [5, 5.41) is 2.94. The van der Waals surface area contributed by atoms with E-state index in [1.165, 1.54) is 0 Å². The standard InChI is InChI=1S/C13H15N3O2S/c1-10-4-3-9-15-13(10)16-19(17,18)12-7-5-11(14-2)6-8-12/h3-9,14H,1-2H3,(H,15,16). The predicted molar refractivity (Wildman–Crippen MR) is 75.8 cm³/mol. The number of nitrogens with one attached hydrogen (secondary N) is 2. The molecule has 0 unspecified atom stereocenters. The monoisotopic (exact) mass is 277 g/mol. The highest BCUT2D eigenvalue weighted by atomic mass is 32.2. The summed E-state index contributed by atoms with van der Waals surface area (Å²) in [5.41, 5.74) is 1.63. The van der Waals surface area contributed by atoms with Crippen LogP contribution in [0.4, 0.5) is 11.5 Å². The lowest BCUT2D eigenvalue weighted by Gasteiger charge is -2.09. The third-order valence-corrected chi connectivity index (χ3v) is 4.05. The molecule has 1 aromatic carbocycles. The first-order valence-electron chi connectivity index (χ1n) is 5.75. The summed E-state index contributed by atoms with van der Waals surface area (Å²) in [6.07, 6.45) is 1.55. The second kappa shape index (κ2) is 5.27. The minimum Gasteiger partial charge on any atom is -0.388 e. The fourth-order valence-corrected chi connectivity index (χ4v) is 2.66. The molecule has 5 nitrogen and oxygen atoms in total. The van der Waals surface area contributed by atoms with Crippen molar-refractivity contribution in [3.8, 4) is 0 Å². The topological polar surface area (TPSA) is 71.1 Å². The van der Waals surface area contributed by atoms with Crippen LogP contribution >= 0.6 is 0 Å². The zero-order valence-electron chi connectivity index (χ0n) is 10.7. The summed E-state index contributed by atoms with van der Waals surface area (Å²) in [5.74, 6) is 0.347. The van der Waals surface area contributed by atoms with Crippen molar-refractivity contribution in [2.45, 2.75) is 11.8 Å². The molecule has 0 aliphatic heterocycles. The van der Waals surface area contributed by atoms with E-state index in [1.807, 2.05) is 0 Å². The molecule has 2 aromatic rings. The van der Waals surface area contributed by atoms with E-state index in [-0.39, 0.29) is 4.90 Å². The maximum atomic E-state index is 12.2. The van der Waals surface area contributed by atoms with Gasteiger partial charge in [0.25, 0.3) is 10.0 Å². The zero-order valence-corrected chi connectivity index (χ0v) is 11.5. The van der Waals surface area contributed by atoms with Crippen LogP contribution in [0.1, 0.15) is 5.56 Å². The molecule has 0 amide bonds. The van der Waals surface area contributed by atoms with Crippen molar-refractivity contribution in [1.82, 2.24) is 4.98 Å². The number of rotatable bonds is 4. The van der Waals surface area contributed by atoms with E-state index in [0.29, 0.717) is 5.82 Å². The second-order valence-corrected chi connectivity index (χ2v) is 5.73. The van der Waals surface area contributed by atoms with Gasteiger partial charge in [0.1, 0.15) is 5.82 Å². The van der Waals surface area contributed by atoms with Gasteiger partial charge in [0.2, 0.25) is 0 Å². The van der Waals surface area contributed by atoms with E-state index in [1.54, 1.807) is 56.6 Å². The summed E-state index contributed by atoms with van der Waals surface area (Å²) in [6, 6.07) is 10.1. The van der Waals surface area contributed by atoms with E-state index in [2.05, 4.69) is 15.0 Å². The lowest BCUT2D eigenvalue weighted by atomic mass is 10.3. The van der Waals surface area contributed by atoms with Gasteiger partial charge in [-0.05, 0) is 42.8 Å². The molecule has 2 rings (SSSR count). The van der Waals surface area contributed by atoms with Gasteiger partial charge in [0.15, 0.2) is 0 Å². The highest BCUT2D eigenvalue weighted by Crippen LogP contribution is 2.18. The maximum absolute atomic E-state index is 12.2. The molecule has 0 saturated carbocycles. The van der Waals surface area contributed by atoms with Crippen molar-refractivity contribution < 1.29 is 8.42 Å². The van der Waals surface area contributed by atoms with Gasteiger partial charge in [0.05, 0.1) is 4.90 Å². The largest absolute Gasteiger partial charge is 0.388 e.